The van der Waals surface area contributed by atoms with Crippen molar-refractivity contribution in [3.8, 4) is 0 Å². The summed E-state index contributed by atoms with van der Waals surface area (Å²) in [5.41, 5.74) is 1.74. The molecule has 2 heterocycles. The Balaban J connectivity index is 1.60. The molecule has 0 spiro atoms. The van der Waals surface area contributed by atoms with Gasteiger partial charge in [-0.15, -0.1) is 0 Å². The molecule has 3 rings (SSSR count). The molecule has 1 aromatic heterocycles. The van der Waals surface area contributed by atoms with E-state index < -0.39 is 0 Å². The van der Waals surface area contributed by atoms with Crippen molar-refractivity contribution in [2.24, 2.45) is 0 Å². The minimum Gasteiger partial charge on any atom is -0.381 e. The molecule has 0 radical (unpaired) electrons. The number of urea groups is 1. The predicted octanol–water partition coefficient (Wildman–Crippen LogP) is 3.18. The summed E-state index contributed by atoms with van der Waals surface area (Å²) in [7, 11) is 0. The lowest BCUT2D eigenvalue weighted by Crippen LogP contribution is -2.47. The Labute approximate surface area is 151 Å². The van der Waals surface area contributed by atoms with Gasteiger partial charge in [-0.2, -0.15) is 0 Å². The van der Waals surface area contributed by atoms with Crippen molar-refractivity contribution in [1.29, 1.82) is 0 Å². The number of ether oxygens (including phenoxy) is 1. The van der Waals surface area contributed by atoms with Gasteiger partial charge in [-0.1, -0.05) is 28.9 Å². The predicted molar refractivity (Wildman–Crippen MR) is 94.7 cm³/mol. The number of aromatic nitrogens is 1. The molecular formula is C18H22ClN3O3. The van der Waals surface area contributed by atoms with Gasteiger partial charge in [0.2, 0.25) is 0 Å². The van der Waals surface area contributed by atoms with Gasteiger partial charge in [0.05, 0.1) is 6.54 Å². The van der Waals surface area contributed by atoms with E-state index in [1.54, 1.807) is 6.07 Å². The molecule has 0 unspecified atom stereocenters. The summed E-state index contributed by atoms with van der Waals surface area (Å²) in [6.45, 7) is 4.06. The van der Waals surface area contributed by atoms with Crippen LogP contribution in [0.4, 0.5) is 4.79 Å². The topological polar surface area (TPSA) is 76.4 Å². The van der Waals surface area contributed by atoms with E-state index in [1.165, 1.54) is 5.56 Å². The largest absolute Gasteiger partial charge is 0.381 e. The molecule has 0 bridgehead atoms. The quantitative estimate of drug-likeness (QED) is 0.855. The zero-order valence-electron chi connectivity index (χ0n) is 14.2. The van der Waals surface area contributed by atoms with Gasteiger partial charge in [0, 0.05) is 36.3 Å². The maximum Gasteiger partial charge on any atom is 0.315 e. The Morgan fingerprint density at radius 1 is 1.24 bits per heavy atom. The smallest absolute Gasteiger partial charge is 0.315 e. The number of amides is 2. The summed E-state index contributed by atoms with van der Waals surface area (Å²) in [6, 6.07) is 9.42. The molecule has 2 amide bonds. The average Bonchev–Trinajstić information content (AvgIpc) is 3.05. The molecule has 25 heavy (non-hydrogen) atoms. The molecule has 2 aromatic rings. The number of carbonyl (C=O) groups excluding carboxylic acids is 1. The van der Waals surface area contributed by atoms with Crippen molar-refractivity contribution in [2.45, 2.75) is 31.7 Å². The fourth-order valence-corrected chi connectivity index (χ4v) is 3.24. The molecule has 0 aliphatic carbocycles. The van der Waals surface area contributed by atoms with Gasteiger partial charge in [-0.3, -0.25) is 0 Å². The number of hydrogen-bond acceptors (Lipinski definition) is 4. The second-order valence-corrected chi connectivity index (χ2v) is 6.80. The number of nitrogens with one attached hydrogen (secondary N) is 2. The van der Waals surface area contributed by atoms with Crippen LogP contribution in [-0.4, -0.2) is 30.9 Å². The maximum absolute atomic E-state index is 12.2. The Bertz CT molecular complexity index is 709. The van der Waals surface area contributed by atoms with Crippen LogP contribution in [0.2, 0.25) is 5.02 Å². The van der Waals surface area contributed by atoms with Gasteiger partial charge in [-0.05, 0) is 37.5 Å². The molecular weight excluding hydrogens is 342 g/mol. The highest BCUT2D eigenvalue weighted by Gasteiger charge is 2.34. The Morgan fingerprint density at radius 3 is 2.60 bits per heavy atom. The van der Waals surface area contributed by atoms with E-state index in [-0.39, 0.29) is 11.4 Å². The lowest BCUT2D eigenvalue weighted by atomic mass is 9.74. The van der Waals surface area contributed by atoms with E-state index in [4.69, 9.17) is 20.9 Å². The van der Waals surface area contributed by atoms with E-state index >= 15 is 0 Å². The van der Waals surface area contributed by atoms with Crippen LogP contribution >= 0.6 is 11.6 Å². The van der Waals surface area contributed by atoms with Crippen molar-refractivity contribution < 1.29 is 14.1 Å². The van der Waals surface area contributed by atoms with Crippen molar-refractivity contribution in [3.63, 3.8) is 0 Å². The summed E-state index contributed by atoms with van der Waals surface area (Å²) in [5, 5.41) is 10.4. The maximum atomic E-state index is 12.2. The van der Waals surface area contributed by atoms with Crippen LogP contribution in [0.5, 0.6) is 0 Å². The first kappa shape index (κ1) is 17.8. The number of halogens is 1. The molecule has 6 nitrogen and oxygen atoms in total. The number of hydrogen-bond donors (Lipinski definition) is 2. The van der Waals surface area contributed by atoms with Gasteiger partial charge < -0.3 is 19.9 Å². The average molecular weight is 364 g/mol. The van der Waals surface area contributed by atoms with E-state index in [9.17, 15) is 4.79 Å². The minimum atomic E-state index is -0.222. The molecule has 1 saturated heterocycles. The third-order valence-electron chi connectivity index (χ3n) is 4.60. The van der Waals surface area contributed by atoms with Crippen LogP contribution in [0.15, 0.2) is 34.9 Å². The van der Waals surface area contributed by atoms with Crippen molar-refractivity contribution in [2.75, 3.05) is 19.8 Å². The molecule has 134 valence electrons. The monoisotopic (exact) mass is 363 g/mol. The Hall–Kier alpha value is -2.05. The van der Waals surface area contributed by atoms with Gasteiger partial charge in [0.15, 0.2) is 0 Å². The van der Waals surface area contributed by atoms with Crippen LogP contribution in [0, 0.1) is 6.92 Å². The zero-order chi connectivity index (χ0) is 17.7. The number of carbonyl (C=O) groups is 1. The summed E-state index contributed by atoms with van der Waals surface area (Å²) in [5.74, 6) is 0.723. The fourth-order valence-electron chi connectivity index (χ4n) is 3.12. The van der Waals surface area contributed by atoms with Crippen LogP contribution in [0.3, 0.4) is 0 Å². The molecule has 1 aromatic carbocycles. The lowest BCUT2D eigenvalue weighted by Gasteiger charge is -2.38. The number of rotatable bonds is 5. The standard InChI is InChI=1S/C18H22ClN3O3/c1-13-10-16(22-25-13)11-20-17(23)21-12-18(6-8-24-9-7-18)14-2-4-15(19)5-3-14/h2-5,10H,6-9,11-12H2,1H3,(H2,20,21,23). The number of nitrogens with zero attached hydrogens (tertiary/aromatic N) is 1. The number of aryl methyl sites for hydroxylation is 1. The van der Waals surface area contributed by atoms with Crippen LogP contribution < -0.4 is 10.6 Å². The highest BCUT2D eigenvalue weighted by molar-refractivity contribution is 6.30. The van der Waals surface area contributed by atoms with Gasteiger partial charge in [-0.25, -0.2) is 4.79 Å². The Kier molecular flexibility index (Phi) is 5.60. The Morgan fingerprint density at radius 2 is 1.96 bits per heavy atom. The van der Waals surface area contributed by atoms with E-state index in [0.29, 0.717) is 37.0 Å². The summed E-state index contributed by atoms with van der Waals surface area (Å²) in [6.07, 6.45) is 1.72. The van der Waals surface area contributed by atoms with Crippen LogP contribution in [-0.2, 0) is 16.7 Å². The second-order valence-electron chi connectivity index (χ2n) is 6.36. The van der Waals surface area contributed by atoms with E-state index in [0.717, 1.165) is 18.6 Å². The molecule has 7 heteroatoms. The van der Waals surface area contributed by atoms with Gasteiger partial charge in [0.25, 0.3) is 0 Å². The zero-order valence-corrected chi connectivity index (χ0v) is 14.9. The molecule has 2 N–H and O–H groups in total. The van der Waals surface area contributed by atoms with Crippen LogP contribution in [0.25, 0.3) is 0 Å². The van der Waals surface area contributed by atoms with E-state index in [2.05, 4.69) is 15.8 Å². The fraction of sp³-hybridized carbons (Fsp3) is 0.444. The second kappa shape index (κ2) is 7.89. The number of benzene rings is 1. The normalized spacial score (nSPS) is 16.4. The van der Waals surface area contributed by atoms with E-state index in [1.807, 2.05) is 31.2 Å². The lowest BCUT2D eigenvalue weighted by molar-refractivity contribution is 0.0507. The summed E-state index contributed by atoms with van der Waals surface area (Å²) in [4.78, 5) is 12.2. The first-order valence-corrected chi connectivity index (χ1v) is 8.73. The minimum absolute atomic E-state index is 0.134. The van der Waals surface area contributed by atoms with Crippen molar-refractivity contribution >= 4 is 17.6 Å². The first-order chi connectivity index (χ1) is 12.1. The molecule has 0 atom stereocenters. The molecule has 1 fully saturated rings. The summed E-state index contributed by atoms with van der Waals surface area (Å²) >= 11 is 6.01. The van der Waals surface area contributed by atoms with Crippen molar-refractivity contribution in [3.05, 3.63) is 52.4 Å². The highest BCUT2D eigenvalue weighted by Crippen LogP contribution is 2.34. The van der Waals surface area contributed by atoms with Crippen LogP contribution in [0.1, 0.15) is 29.9 Å². The van der Waals surface area contributed by atoms with Gasteiger partial charge >= 0.3 is 6.03 Å². The first-order valence-electron chi connectivity index (χ1n) is 8.35. The summed E-state index contributed by atoms with van der Waals surface area (Å²) < 4.78 is 10.5. The highest BCUT2D eigenvalue weighted by atomic mass is 35.5. The van der Waals surface area contributed by atoms with Crippen molar-refractivity contribution in [1.82, 2.24) is 15.8 Å². The third-order valence-corrected chi connectivity index (χ3v) is 4.85. The molecule has 0 saturated carbocycles. The third kappa shape index (κ3) is 4.52. The SMILES string of the molecule is Cc1cc(CNC(=O)NCC2(c3ccc(Cl)cc3)CCOCC2)no1. The molecule has 1 aliphatic heterocycles. The van der Waals surface area contributed by atoms with Gasteiger partial charge in [0.1, 0.15) is 11.5 Å². The molecule has 1 aliphatic rings.